The van der Waals surface area contributed by atoms with E-state index in [1.807, 2.05) is 0 Å². The molecule has 1 fully saturated rings. The fraction of sp³-hybridized carbons (Fsp3) is 0.857. The van der Waals surface area contributed by atoms with E-state index in [1.54, 1.807) is 7.05 Å². The lowest BCUT2D eigenvalue weighted by atomic mass is 9.97. The van der Waals surface area contributed by atoms with Crippen molar-refractivity contribution in [1.29, 1.82) is 0 Å². The summed E-state index contributed by atoms with van der Waals surface area (Å²) < 4.78 is 36.6. The molecule has 1 aliphatic rings. The van der Waals surface area contributed by atoms with E-state index in [1.165, 1.54) is 4.90 Å². The van der Waals surface area contributed by atoms with Crippen LogP contribution in [0.1, 0.15) is 0 Å². The van der Waals surface area contributed by atoms with Crippen LogP contribution in [0.4, 0.5) is 13.2 Å². The van der Waals surface area contributed by atoms with Gasteiger partial charge in [-0.15, -0.1) is 0 Å². The molecule has 1 aliphatic heterocycles. The summed E-state index contributed by atoms with van der Waals surface area (Å²) in [7, 11) is 1.59. The number of carbonyl (C=O) groups excluding carboxylic acids is 1. The van der Waals surface area contributed by atoms with E-state index in [-0.39, 0.29) is 13.1 Å². The minimum Gasteiger partial charge on any atom is -0.305 e. The van der Waals surface area contributed by atoms with E-state index < -0.39 is 18.0 Å². The fourth-order valence-corrected chi connectivity index (χ4v) is 1.52. The summed E-state index contributed by atoms with van der Waals surface area (Å²) in [5.74, 6) is -2.35. The van der Waals surface area contributed by atoms with Crippen LogP contribution in [0.15, 0.2) is 0 Å². The number of hydrogen-bond donors (Lipinski definition) is 0. The van der Waals surface area contributed by atoms with Crippen molar-refractivity contribution in [2.45, 2.75) is 6.18 Å². The average molecular weight is 181 g/mol. The number of rotatable bonds is 1. The monoisotopic (exact) mass is 181 g/mol. The largest absolute Gasteiger partial charge is 0.393 e. The van der Waals surface area contributed by atoms with Crippen LogP contribution in [0, 0.1) is 11.8 Å². The van der Waals surface area contributed by atoms with E-state index in [0.717, 1.165) is 0 Å². The SMILES string of the molecule is CN1CC(C=O)C(C(F)(F)F)C1. The molecule has 0 aromatic rings. The van der Waals surface area contributed by atoms with Crippen LogP contribution >= 0.6 is 0 Å². The van der Waals surface area contributed by atoms with Gasteiger partial charge in [0.05, 0.1) is 5.92 Å². The highest BCUT2D eigenvalue weighted by molar-refractivity contribution is 5.55. The highest BCUT2D eigenvalue weighted by Crippen LogP contribution is 2.35. The highest BCUT2D eigenvalue weighted by atomic mass is 19.4. The first-order valence-corrected chi connectivity index (χ1v) is 3.65. The lowest BCUT2D eigenvalue weighted by Crippen LogP contribution is -2.30. The van der Waals surface area contributed by atoms with Gasteiger partial charge in [-0.25, -0.2) is 0 Å². The van der Waals surface area contributed by atoms with E-state index in [4.69, 9.17) is 0 Å². The van der Waals surface area contributed by atoms with Crippen molar-refractivity contribution in [2.75, 3.05) is 20.1 Å². The van der Waals surface area contributed by atoms with Gasteiger partial charge >= 0.3 is 6.18 Å². The van der Waals surface area contributed by atoms with Gasteiger partial charge in [-0.1, -0.05) is 0 Å². The molecule has 1 saturated heterocycles. The summed E-state index contributed by atoms with van der Waals surface area (Å²) in [6, 6.07) is 0. The molecular weight excluding hydrogens is 171 g/mol. The van der Waals surface area contributed by atoms with Crippen molar-refractivity contribution in [3.05, 3.63) is 0 Å². The number of alkyl halides is 3. The van der Waals surface area contributed by atoms with Crippen LogP contribution in [0.2, 0.25) is 0 Å². The first-order valence-electron chi connectivity index (χ1n) is 3.65. The maximum Gasteiger partial charge on any atom is 0.393 e. The lowest BCUT2D eigenvalue weighted by Gasteiger charge is -2.16. The third kappa shape index (κ3) is 1.77. The molecule has 0 aliphatic carbocycles. The third-order valence-corrected chi connectivity index (χ3v) is 2.14. The third-order valence-electron chi connectivity index (χ3n) is 2.14. The zero-order chi connectivity index (χ0) is 9.35. The van der Waals surface area contributed by atoms with E-state index in [2.05, 4.69) is 0 Å². The zero-order valence-electron chi connectivity index (χ0n) is 6.64. The summed E-state index contributed by atoms with van der Waals surface area (Å²) in [6.45, 7) is 0.153. The summed E-state index contributed by atoms with van der Waals surface area (Å²) >= 11 is 0. The Hall–Kier alpha value is -0.580. The van der Waals surface area contributed by atoms with Crippen molar-refractivity contribution in [3.63, 3.8) is 0 Å². The number of carbonyl (C=O) groups is 1. The summed E-state index contributed by atoms with van der Waals surface area (Å²) in [4.78, 5) is 11.8. The second kappa shape index (κ2) is 3.05. The van der Waals surface area contributed by atoms with E-state index in [9.17, 15) is 18.0 Å². The van der Waals surface area contributed by atoms with Crippen molar-refractivity contribution in [3.8, 4) is 0 Å². The molecule has 0 aromatic carbocycles. The molecule has 5 heteroatoms. The number of hydrogen-bond acceptors (Lipinski definition) is 2. The summed E-state index contributed by atoms with van der Waals surface area (Å²) in [5, 5.41) is 0. The molecule has 2 atom stereocenters. The average Bonchev–Trinajstić information content (AvgIpc) is 2.29. The van der Waals surface area contributed by atoms with Crippen molar-refractivity contribution >= 4 is 6.29 Å². The van der Waals surface area contributed by atoms with Gasteiger partial charge in [0.1, 0.15) is 6.29 Å². The molecule has 12 heavy (non-hydrogen) atoms. The minimum absolute atomic E-state index is 0.0626. The van der Waals surface area contributed by atoms with Crippen molar-refractivity contribution in [1.82, 2.24) is 4.90 Å². The van der Waals surface area contributed by atoms with E-state index in [0.29, 0.717) is 6.29 Å². The molecule has 0 aromatic heterocycles. The Bertz CT molecular complexity index is 180. The second-order valence-corrected chi connectivity index (χ2v) is 3.17. The predicted molar refractivity (Wildman–Crippen MR) is 36.6 cm³/mol. The Kier molecular flexibility index (Phi) is 2.41. The quantitative estimate of drug-likeness (QED) is 0.561. The first-order chi connectivity index (χ1) is 5.45. The highest BCUT2D eigenvalue weighted by Gasteiger charge is 2.48. The van der Waals surface area contributed by atoms with Crippen molar-refractivity contribution in [2.24, 2.45) is 11.8 Å². The molecule has 0 N–H and O–H groups in total. The molecule has 1 rings (SSSR count). The minimum atomic E-state index is -4.24. The molecule has 70 valence electrons. The molecule has 0 amide bonds. The van der Waals surface area contributed by atoms with Crippen molar-refractivity contribution < 1.29 is 18.0 Å². The van der Waals surface area contributed by atoms with Gasteiger partial charge in [-0.2, -0.15) is 13.2 Å². The van der Waals surface area contributed by atoms with Gasteiger partial charge in [0, 0.05) is 19.0 Å². The van der Waals surface area contributed by atoms with Crippen LogP contribution < -0.4 is 0 Å². The van der Waals surface area contributed by atoms with Gasteiger partial charge in [-0.05, 0) is 7.05 Å². The Morgan fingerprint density at radius 3 is 2.33 bits per heavy atom. The van der Waals surface area contributed by atoms with Gasteiger partial charge in [-0.3, -0.25) is 0 Å². The Balaban J connectivity index is 2.70. The summed E-state index contributed by atoms with van der Waals surface area (Å²) in [5.41, 5.74) is 0. The van der Waals surface area contributed by atoms with Gasteiger partial charge in [0.15, 0.2) is 0 Å². The maximum absolute atomic E-state index is 12.2. The van der Waals surface area contributed by atoms with Crippen LogP contribution in [-0.4, -0.2) is 37.5 Å². The van der Waals surface area contributed by atoms with Crippen LogP contribution in [0.25, 0.3) is 0 Å². The molecule has 2 nitrogen and oxygen atoms in total. The van der Waals surface area contributed by atoms with Gasteiger partial charge in [0.2, 0.25) is 0 Å². The van der Waals surface area contributed by atoms with Crippen LogP contribution in [0.5, 0.6) is 0 Å². The molecule has 2 unspecified atom stereocenters. The number of nitrogens with zero attached hydrogens (tertiary/aromatic N) is 1. The smallest absolute Gasteiger partial charge is 0.305 e. The predicted octanol–water partition coefficient (Wildman–Crippen LogP) is 0.925. The zero-order valence-corrected chi connectivity index (χ0v) is 6.64. The number of aldehydes is 1. The molecule has 0 spiro atoms. The fourth-order valence-electron chi connectivity index (χ4n) is 1.52. The molecule has 1 heterocycles. The van der Waals surface area contributed by atoms with Gasteiger partial charge in [0.25, 0.3) is 0 Å². The van der Waals surface area contributed by atoms with Crippen LogP contribution in [-0.2, 0) is 4.79 Å². The topological polar surface area (TPSA) is 20.3 Å². The Morgan fingerprint density at radius 2 is 2.00 bits per heavy atom. The lowest BCUT2D eigenvalue weighted by molar-refractivity contribution is -0.180. The second-order valence-electron chi connectivity index (χ2n) is 3.17. The number of halogens is 3. The normalized spacial score (nSPS) is 32.3. The Labute approximate surface area is 68.3 Å². The van der Waals surface area contributed by atoms with E-state index >= 15 is 0 Å². The molecule has 0 bridgehead atoms. The van der Waals surface area contributed by atoms with Crippen LogP contribution in [0.3, 0.4) is 0 Å². The summed E-state index contributed by atoms with van der Waals surface area (Å²) in [6.07, 6.45) is -3.84. The molecule has 0 saturated carbocycles. The first kappa shape index (κ1) is 9.51. The Morgan fingerprint density at radius 1 is 1.42 bits per heavy atom. The standard InChI is InChI=1S/C7H10F3NO/c1-11-2-5(4-12)6(3-11)7(8,9)10/h4-6H,2-3H2,1H3. The number of likely N-dealkylation sites (tertiary alicyclic amines) is 1. The maximum atomic E-state index is 12.2. The van der Waals surface area contributed by atoms with Gasteiger partial charge < -0.3 is 9.69 Å². The molecule has 0 radical (unpaired) electrons. The molecular formula is C7H10F3NO.